The van der Waals surface area contributed by atoms with Crippen molar-refractivity contribution in [1.82, 2.24) is 5.32 Å². The molecule has 114 valence electrons. The Bertz CT molecular complexity index is 406. The van der Waals surface area contributed by atoms with Crippen LogP contribution in [0.5, 0.6) is 11.5 Å². The van der Waals surface area contributed by atoms with Crippen molar-refractivity contribution in [3.63, 3.8) is 0 Å². The molecule has 4 heteroatoms. The monoisotopic (exact) mass is 299 g/mol. The van der Waals surface area contributed by atoms with Gasteiger partial charge in [-0.15, -0.1) is 0 Å². The maximum absolute atomic E-state index is 6.15. The number of ether oxygens (including phenoxy) is 2. The van der Waals surface area contributed by atoms with Crippen LogP contribution in [-0.2, 0) is 6.54 Å². The maximum Gasteiger partial charge on any atom is 0.166 e. The lowest BCUT2D eigenvalue weighted by atomic mass is 10.1. The van der Waals surface area contributed by atoms with Gasteiger partial charge in [-0.25, -0.2) is 0 Å². The van der Waals surface area contributed by atoms with Gasteiger partial charge in [-0.1, -0.05) is 32.4 Å². The van der Waals surface area contributed by atoms with Crippen molar-refractivity contribution < 1.29 is 9.47 Å². The van der Waals surface area contributed by atoms with Gasteiger partial charge in [0.25, 0.3) is 0 Å². The minimum absolute atomic E-state index is 0.204. The van der Waals surface area contributed by atoms with Gasteiger partial charge < -0.3 is 14.8 Å². The van der Waals surface area contributed by atoms with Gasteiger partial charge in [0.15, 0.2) is 11.5 Å². The van der Waals surface area contributed by atoms with Crippen LogP contribution in [0.4, 0.5) is 0 Å². The molecule has 0 unspecified atom stereocenters. The molecule has 0 aromatic heterocycles. The van der Waals surface area contributed by atoms with Crippen molar-refractivity contribution in [3.05, 3.63) is 22.7 Å². The fourth-order valence-corrected chi connectivity index (χ4v) is 2.29. The van der Waals surface area contributed by atoms with E-state index in [4.69, 9.17) is 21.1 Å². The van der Waals surface area contributed by atoms with E-state index < -0.39 is 0 Å². The van der Waals surface area contributed by atoms with Gasteiger partial charge in [0.05, 0.1) is 13.2 Å². The van der Waals surface area contributed by atoms with Crippen LogP contribution in [0, 0.1) is 0 Å². The fourth-order valence-electron chi connectivity index (χ4n) is 2.06. The summed E-state index contributed by atoms with van der Waals surface area (Å²) in [5.74, 6) is 1.52. The Morgan fingerprint density at radius 1 is 1.20 bits per heavy atom. The van der Waals surface area contributed by atoms with Crippen LogP contribution in [-0.4, -0.2) is 19.8 Å². The number of halogens is 1. The molecule has 1 rings (SSSR count). The fraction of sp³-hybridized carbons (Fsp3) is 0.625. The smallest absolute Gasteiger partial charge is 0.166 e. The molecule has 0 aliphatic rings. The molecule has 0 amide bonds. The number of methoxy groups -OCH3 is 1. The third kappa shape index (κ3) is 4.88. The third-order valence-electron chi connectivity index (χ3n) is 3.25. The predicted octanol–water partition coefficient (Wildman–Crippen LogP) is 4.42. The highest BCUT2D eigenvalue weighted by molar-refractivity contribution is 6.30. The van der Waals surface area contributed by atoms with Crippen molar-refractivity contribution in [3.8, 4) is 11.5 Å². The molecule has 0 aliphatic carbocycles. The molecule has 0 heterocycles. The molecule has 0 radical (unpaired) electrons. The van der Waals surface area contributed by atoms with Crippen molar-refractivity contribution in [1.29, 1.82) is 0 Å². The molecule has 0 fully saturated rings. The van der Waals surface area contributed by atoms with Gasteiger partial charge in [-0.2, -0.15) is 0 Å². The van der Waals surface area contributed by atoms with E-state index in [9.17, 15) is 0 Å². The van der Waals surface area contributed by atoms with Gasteiger partial charge in [0.2, 0.25) is 0 Å². The Balaban J connectivity index is 3.01. The van der Waals surface area contributed by atoms with Gasteiger partial charge in [0.1, 0.15) is 0 Å². The van der Waals surface area contributed by atoms with Crippen molar-refractivity contribution in [2.75, 3.05) is 13.7 Å². The van der Waals surface area contributed by atoms with E-state index >= 15 is 0 Å². The number of hydrogen-bond donors (Lipinski definition) is 1. The van der Waals surface area contributed by atoms with Crippen LogP contribution >= 0.6 is 11.6 Å². The molecule has 0 saturated heterocycles. The Morgan fingerprint density at radius 2 is 1.90 bits per heavy atom. The predicted molar refractivity (Wildman–Crippen MR) is 85.0 cm³/mol. The lowest BCUT2D eigenvalue weighted by molar-refractivity contribution is 0.182. The zero-order valence-corrected chi connectivity index (χ0v) is 13.7. The standard InChI is InChI=1S/C16H26ClNO2/c1-5-8-18-11-12-9-13(17)10-15(19-4)16(12)20-14(6-2)7-3/h9-10,14,18H,5-8,11H2,1-4H3. The molecule has 0 saturated carbocycles. The lowest BCUT2D eigenvalue weighted by Gasteiger charge is -2.21. The van der Waals surface area contributed by atoms with E-state index in [2.05, 4.69) is 26.1 Å². The zero-order valence-electron chi connectivity index (χ0n) is 13.0. The quantitative estimate of drug-likeness (QED) is 0.685. The summed E-state index contributed by atoms with van der Waals surface area (Å²) in [5.41, 5.74) is 1.05. The summed E-state index contributed by atoms with van der Waals surface area (Å²) >= 11 is 6.15. The minimum Gasteiger partial charge on any atom is -0.493 e. The molecule has 0 aliphatic heterocycles. The summed E-state index contributed by atoms with van der Waals surface area (Å²) in [6.07, 6.45) is 3.25. The molecule has 0 atom stereocenters. The van der Waals surface area contributed by atoms with Gasteiger partial charge >= 0.3 is 0 Å². The second kappa shape index (κ2) is 9.09. The molecule has 20 heavy (non-hydrogen) atoms. The second-order valence-electron chi connectivity index (χ2n) is 4.83. The van der Waals surface area contributed by atoms with E-state index in [0.29, 0.717) is 10.8 Å². The molecular formula is C16H26ClNO2. The first-order chi connectivity index (χ1) is 9.65. The maximum atomic E-state index is 6.15. The first-order valence-electron chi connectivity index (χ1n) is 7.39. The largest absolute Gasteiger partial charge is 0.493 e. The molecule has 1 aromatic carbocycles. The summed E-state index contributed by atoms with van der Waals surface area (Å²) in [6, 6.07) is 3.76. The Morgan fingerprint density at radius 3 is 2.45 bits per heavy atom. The lowest BCUT2D eigenvalue weighted by Crippen LogP contribution is -2.18. The van der Waals surface area contributed by atoms with Crippen LogP contribution < -0.4 is 14.8 Å². The zero-order chi connectivity index (χ0) is 15.0. The van der Waals surface area contributed by atoms with Crippen LogP contribution in [0.25, 0.3) is 0 Å². The molecule has 0 bridgehead atoms. The highest BCUT2D eigenvalue weighted by Gasteiger charge is 2.16. The SMILES string of the molecule is CCCNCc1cc(Cl)cc(OC)c1OC(CC)CC. The van der Waals surface area contributed by atoms with Gasteiger partial charge in [-0.05, 0) is 31.9 Å². The van der Waals surface area contributed by atoms with Gasteiger partial charge in [-0.3, -0.25) is 0 Å². The number of nitrogens with one attached hydrogen (secondary N) is 1. The van der Waals surface area contributed by atoms with Crippen LogP contribution in [0.15, 0.2) is 12.1 Å². The average molecular weight is 300 g/mol. The van der Waals surface area contributed by atoms with E-state index in [1.807, 2.05) is 12.1 Å². The highest BCUT2D eigenvalue weighted by atomic mass is 35.5. The number of hydrogen-bond acceptors (Lipinski definition) is 3. The van der Waals surface area contributed by atoms with Crippen molar-refractivity contribution in [2.24, 2.45) is 0 Å². The van der Waals surface area contributed by atoms with E-state index in [-0.39, 0.29) is 6.10 Å². The summed E-state index contributed by atoms with van der Waals surface area (Å²) in [7, 11) is 1.65. The highest BCUT2D eigenvalue weighted by Crippen LogP contribution is 2.36. The van der Waals surface area contributed by atoms with Gasteiger partial charge in [0, 0.05) is 23.2 Å². The van der Waals surface area contributed by atoms with Crippen LogP contribution in [0.3, 0.4) is 0 Å². The Kier molecular flexibility index (Phi) is 7.78. The van der Waals surface area contributed by atoms with E-state index in [1.54, 1.807) is 7.11 Å². The van der Waals surface area contributed by atoms with Crippen LogP contribution in [0.2, 0.25) is 5.02 Å². The normalized spacial score (nSPS) is 10.9. The van der Waals surface area contributed by atoms with E-state index in [0.717, 1.165) is 43.7 Å². The minimum atomic E-state index is 0.204. The van der Waals surface area contributed by atoms with Crippen LogP contribution in [0.1, 0.15) is 45.6 Å². The summed E-state index contributed by atoms with van der Waals surface area (Å²) in [5, 5.41) is 4.06. The third-order valence-corrected chi connectivity index (χ3v) is 3.47. The molecular weight excluding hydrogens is 274 g/mol. The second-order valence-corrected chi connectivity index (χ2v) is 5.27. The van der Waals surface area contributed by atoms with Crippen molar-refractivity contribution in [2.45, 2.75) is 52.7 Å². The summed E-state index contributed by atoms with van der Waals surface area (Å²) < 4.78 is 11.6. The first-order valence-corrected chi connectivity index (χ1v) is 7.77. The average Bonchev–Trinajstić information content (AvgIpc) is 2.46. The number of rotatable bonds is 9. The summed E-state index contributed by atoms with van der Waals surface area (Å²) in [4.78, 5) is 0. The molecule has 1 N–H and O–H groups in total. The van der Waals surface area contributed by atoms with E-state index in [1.165, 1.54) is 0 Å². The Labute approximate surface area is 127 Å². The Hall–Kier alpha value is -0.930. The first kappa shape index (κ1) is 17.1. The topological polar surface area (TPSA) is 30.5 Å². The summed E-state index contributed by atoms with van der Waals surface area (Å²) in [6.45, 7) is 8.11. The van der Waals surface area contributed by atoms with Crippen molar-refractivity contribution >= 4 is 11.6 Å². The number of benzene rings is 1. The molecule has 3 nitrogen and oxygen atoms in total. The molecule has 0 spiro atoms. The molecule has 1 aromatic rings.